The molecule has 0 bridgehead atoms. The lowest BCUT2D eigenvalue weighted by atomic mass is 9.96. The standard InChI is InChI=1S/C35H26FN5O4S2/c1-21-29(40-18-6-5-9-27(40)37-21)31(42)28-30(24-12-16-26(17-13-24)45-19-22-7-3-2-4-8-22)41(33(44)32(28)43)34-38-39-35(47-34)46-20-23-10-14-25(36)15-11-23/h2-18,30,42H,19-20H2,1H3/b31-28+. The zero-order valence-corrected chi connectivity index (χ0v) is 26.5. The summed E-state index contributed by atoms with van der Waals surface area (Å²) in [5.74, 6) is -1.23. The number of aryl methyl sites for hydroxylation is 1. The maximum absolute atomic E-state index is 13.8. The second-order valence-electron chi connectivity index (χ2n) is 10.8. The van der Waals surface area contributed by atoms with E-state index in [0.717, 1.165) is 22.5 Å². The number of aromatic nitrogens is 4. The first-order chi connectivity index (χ1) is 22.9. The van der Waals surface area contributed by atoms with Crippen molar-refractivity contribution in [3.05, 3.63) is 143 Å². The molecule has 4 heterocycles. The fraction of sp³-hybridized carbons (Fsp3) is 0.114. The minimum absolute atomic E-state index is 0.0857. The van der Waals surface area contributed by atoms with Gasteiger partial charge in [0.2, 0.25) is 5.13 Å². The van der Waals surface area contributed by atoms with Gasteiger partial charge >= 0.3 is 5.91 Å². The highest BCUT2D eigenvalue weighted by Crippen LogP contribution is 2.44. The van der Waals surface area contributed by atoms with E-state index in [-0.39, 0.29) is 22.3 Å². The van der Waals surface area contributed by atoms with Crippen LogP contribution in [0.4, 0.5) is 9.52 Å². The molecule has 0 saturated carbocycles. The first kappa shape index (κ1) is 30.3. The van der Waals surface area contributed by atoms with Gasteiger partial charge in [0.25, 0.3) is 5.78 Å². The number of amides is 1. The highest BCUT2D eigenvalue weighted by Gasteiger charge is 2.49. The Morgan fingerprint density at radius 1 is 0.936 bits per heavy atom. The molecule has 1 amide bonds. The maximum Gasteiger partial charge on any atom is 0.301 e. The monoisotopic (exact) mass is 663 g/mol. The Balaban J connectivity index is 1.26. The number of aliphatic hydroxyl groups is 1. The number of anilines is 1. The van der Waals surface area contributed by atoms with E-state index in [1.807, 2.05) is 36.4 Å². The van der Waals surface area contributed by atoms with E-state index in [1.165, 1.54) is 28.8 Å². The molecule has 1 N–H and O–H groups in total. The molecule has 1 aliphatic rings. The fourth-order valence-corrected chi connectivity index (χ4v) is 7.27. The van der Waals surface area contributed by atoms with Crippen LogP contribution in [-0.4, -0.2) is 36.4 Å². The largest absolute Gasteiger partial charge is 0.505 e. The number of carbonyl (C=O) groups excluding carboxylic acids is 2. The Morgan fingerprint density at radius 3 is 2.45 bits per heavy atom. The number of fused-ring (bicyclic) bond motifs is 1. The van der Waals surface area contributed by atoms with Crippen molar-refractivity contribution >= 4 is 51.3 Å². The van der Waals surface area contributed by atoms with Crippen molar-refractivity contribution < 1.29 is 23.8 Å². The van der Waals surface area contributed by atoms with Gasteiger partial charge in [-0.15, -0.1) is 10.2 Å². The highest BCUT2D eigenvalue weighted by molar-refractivity contribution is 8.00. The molecule has 0 spiro atoms. The number of thioether (sulfide) groups is 1. The molecule has 1 saturated heterocycles. The molecular weight excluding hydrogens is 638 g/mol. The smallest absolute Gasteiger partial charge is 0.301 e. The van der Waals surface area contributed by atoms with E-state index in [0.29, 0.717) is 45.0 Å². The number of hydrogen-bond donors (Lipinski definition) is 1. The molecule has 12 heteroatoms. The van der Waals surface area contributed by atoms with Gasteiger partial charge in [-0.3, -0.25) is 18.9 Å². The number of halogens is 1. The summed E-state index contributed by atoms with van der Waals surface area (Å²) in [7, 11) is 0. The minimum Gasteiger partial charge on any atom is -0.505 e. The van der Waals surface area contributed by atoms with Gasteiger partial charge in [0, 0.05) is 11.9 Å². The molecule has 47 heavy (non-hydrogen) atoms. The first-order valence-electron chi connectivity index (χ1n) is 14.6. The van der Waals surface area contributed by atoms with Gasteiger partial charge in [-0.25, -0.2) is 9.37 Å². The molecule has 7 rings (SSSR count). The quantitative estimate of drug-likeness (QED) is 0.0572. The van der Waals surface area contributed by atoms with Crippen molar-refractivity contribution in [1.82, 2.24) is 19.6 Å². The molecule has 234 valence electrons. The summed E-state index contributed by atoms with van der Waals surface area (Å²) in [6.07, 6.45) is 1.74. The Hall–Kier alpha value is -5.33. The van der Waals surface area contributed by atoms with Gasteiger partial charge in [0.1, 0.15) is 29.5 Å². The van der Waals surface area contributed by atoms with E-state index in [4.69, 9.17) is 4.74 Å². The minimum atomic E-state index is -1.00. The van der Waals surface area contributed by atoms with Crippen LogP contribution in [0.3, 0.4) is 0 Å². The Morgan fingerprint density at radius 2 is 1.68 bits per heavy atom. The van der Waals surface area contributed by atoms with Crippen molar-refractivity contribution in [2.45, 2.75) is 29.7 Å². The van der Waals surface area contributed by atoms with Crippen molar-refractivity contribution in [1.29, 1.82) is 0 Å². The fourth-order valence-electron chi connectivity index (χ4n) is 5.44. The number of hydrogen-bond acceptors (Lipinski definition) is 9. The summed E-state index contributed by atoms with van der Waals surface area (Å²) in [5.41, 5.74) is 3.80. The molecule has 0 radical (unpaired) electrons. The van der Waals surface area contributed by atoms with Crippen LogP contribution in [0.2, 0.25) is 0 Å². The molecule has 0 aliphatic carbocycles. The second kappa shape index (κ2) is 12.8. The number of Topliss-reactive ketones (excluding diaryl/α,β-unsaturated/α-hetero) is 1. The summed E-state index contributed by atoms with van der Waals surface area (Å²) >= 11 is 2.54. The topological polar surface area (TPSA) is 110 Å². The third-order valence-corrected chi connectivity index (χ3v) is 9.82. The molecule has 1 aliphatic heterocycles. The van der Waals surface area contributed by atoms with Crippen LogP contribution in [0.25, 0.3) is 11.4 Å². The van der Waals surface area contributed by atoms with Crippen LogP contribution in [0, 0.1) is 12.7 Å². The number of rotatable bonds is 9. The number of nitrogens with zero attached hydrogens (tertiary/aromatic N) is 5. The molecule has 3 aromatic carbocycles. The van der Waals surface area contributed by atoms with E-state index in [2.05, 4.69) is 15.2 Å². The van der Waals surface area contributed by atoms with E-state index < -0.39 is 17.7 Å². The highest BCUT2D eigenvalue weighted by atomic mass is 32.2. The third kappa shape index (κ3) is 6.00. The van der Waals surface area contributed by atoms with Crippen LogP contribution >= 0.6 is 23.1 Å². The zero-order valence-electron chi connectivity index (χ0n) is 24.9. The van der Waals surface area contributed by atoms with Gasteiger partial charge in [0.05, 0.1) is 17.3 Å². The first-order valence-corrected chi connectivity index (χ1v) is 16.4. The number of aliphatic hydroxyl groups excluding tert-OH is 1. The lowest BCUT2D eigenvalue weighted by Gasteiger charge is -2.22. The van der Waals surface area contributed by atoms with Crippen molar-refractivity contribution in [2.24, 2.45) is 0 Å². The predicted octanol–water partition coefficient (Wildman–Crippen LogP) is 7.13. The van der Waals surface area contributed by atoms with Gasteiger partial charge in [-0.05, 0) is 60.0 Å². The van der Waals surface area contributed by atoms with Crippen molar-refractivity contribution in [3.63, 3.8) is 0 Å². The summed E-state index contributed by atoms with van der Waals surface area (Å²) in [6.45, 7) is 2.11. The van der Waals surface area contributed by atoms with Crippen LogP contribution in [0.15, 0.2) is 113 Å². The Labute approximate surface area is 277 Å². The zero-order chi connectivity index (χ0) is 32.5. The van der Waals surface area contributed by atoms with Crippen molar-refractivity contribution in [2.75, 3.05) is 4.90 Å². The summed E-state index contributed by atoms with van der Waals surface area (Å²) in [5, 5.41) is 20.6. The van der Waals surface area contributed by atoms with E-state index in [1.54, 1.807) is 66.1 Å². The van der Waals surface area contributed by atoms with E-state index >= 15 is 0 Å². The molecule has 6 aromatic rings. The molecular formula is C35H26FN5O4S2. The van der Waals surface area contributed by atoms with Crippen LogP contribution in [-0.2, 0) is 21.9 Å². The van der Waals surface area contributed by atoms with E-state index in [9.17, 15) is 19.1 Å². The lowest BCUT2D eigenvalue weighted by Crippen LogP contribution is -2.29. The lowest BCUT2D eigenvalue weighted by molar-refractivity contribution is -0.132. The molecule has 9 nitrogen and oxygen atoms in total. The number of pyridine rings is 1. The summed E-state index contributed by atoms with van der Waals surface area (Å²) < 4.78 is 21.6. The number of benzene rings is 3. The average molecular weight is 664 g/mol. The summed E-state index contributed by atoms with van der Waals surface area (Å²) in [4.78, 5) is 33.4. The molecule has 3 aromatic heterocycles. The predicted molar refractivity (Wildman–Crippen MR) is 178 cm³/mol. The van der Waals surface area contributed by atoms with Crippen LogP contribution < -0.4 is 9.64 Å². The van der Waals surface area contributed by atoms with Crippen LogP contribution in [0.5, 0.6) is 5.75 Å². The van der Waals surface area contributed by atoms with Gasteiger partial charge in [0.15, 0.2) is 10.1 Å². The molecule has 1 atom stereocenters. The SMILES string of the molecule is Cc1nc2ccccn2c1/C(O)=C1\C(=O)C(=O)N(c2nnc(SCc3ccc(F)cc3)s2)C1c1ccc(OCc2ccccc2)cc1. The number of carbonyl (C=O) groups is 2. The van der Waals surface area contributed by atoms with Gasteiger partial charge < -0.3 is 9.84 Å². The Kier molecular flexibility index (Phi) is 8.27. The number of imidazole rings is 1. The maximum atomic E-state index is 13.8. The number of ketones is 1. The van der Waals surface area contributed by atoms with Crippen molar-refractivity contribution in [3.8, 4) is 5.75 Å². The second-order valence-corrected chi connectivity index (χ2v) is 12.9. The molecule has 1 fully saturated rings. The number of ether oxygens (including phenoxy) is 1. The van der Waals surface area contributed by atoms with Gasteiger partial charge in [-0.1, -0.05) is 83.8 Å². The Bertz CT molecular complexity index is 2130. The third-order valence-electron chi connectivity index (χ3n) is 7.69. The van der Waals surface area contributed by atoms with Crippen LogP contribution in [0.1, 0.15) is 34.1 Å². The average Bonchev–Trinajstić information content (AvgIpc) is 3.77. The normalized spacial score (nSPS) is 15.9. The molecule has 1 unspecified atom stereocenters. The summed E-state index contributed by atoms with van der Waals surface area (Å²) in [6, 6.07) is 27.4. The van der Waals surface area contributed by atoms with Gasteiger partial charge in [-0.2, -0.15) is 0 Å².